The lowest BCUT2D eigenvalue weighted by Crippen LogP contribution is -2.23. The molecule has 0 saturated heterocycles. The van der Waals surface area contributed by atoms with Gasteiger partial charge in [0.1, 0.15) is 11.9 Å². The third kappa shape index (κ3) is 2.96. The van der Waals surface area contributed by atoms with Crippen LogP contribution >= 0.6 is 0 Å². The average Bonchev–Trinajstić information content (AvgIpc) is 3.26. The van der Waals surface area contributed by atoms with E-state index < -0.39 is 0 Å². The molecule has 0 atom stereocenters. The lowest BCUT2D eigenvalue weighted by atomic mass is 9.99. The molecule has 0 radical (unpaired) electrons. The van der Waals surface area contributed by atoms with Crippen LogP contribution in [0.15, 0.2) is 97.2 Å². The summed E-state index contributed by atoms with van der Waals surface area (Å²) in [7, 11) is 0. The second kappa shape index (κ2) is 7.03. The van der Waals surface area contributed by atoms with E-state index in [4.69, 9.17) is 5.10 Å². The third-order valence-corrected chi connectivity index (χ3v) is 5.98. The zero-order chi connectivity index (χ0) is 20.8. The molecule has 0 aliphatic carbocycles. The largest absolute Gasteiger partial charge is 0.361 e. The summed E-state index contributed by atoms with van der Waals surface area (Å²) < 4.78 is 1.97. The molecule has 0 unspecified atom stereocenters. The minimum atomic E-state index is -0.0902. The fraction of sp³-hybridized carbons (Fsp3) is 0.0741. The van der Waals surface area contributed by atoms with E-state index in [-0.39, 0.29) is 6.17 Å². The molecule has 4 nitrogen and oxygen atoms in total. The molecule has 0 spiro atoms. The van der Waals surface area contributed by atoms with Crippen molar-refractivity contribution in [3.05, 3.63) is 108 Å². The van der Waals surface area contributed by atoms with Gasteiger partial charge in [-0.25, -0.2) is 4.68 Å². The van der Waals surface area contributed by atoms with Gasteiger partial charge in [-0.1, -0.05) is 66.7 Å². The van der Waals surface area contributed by atoms with Crippen molar-refractivity contribution in [1.29, 1.82) is 0 Å². The van der Waals surface area contributed by atoms with Crippen LogP contribution in [0.25, 0.3) is 27.7 Å². The first-order valence-corrected chi connectivity index (χ1v) is 10.5. The molecule has 2 N–H and O–H groups in total. The minimum Gasteiger partial charge on any atom is -0.361 e. The maximum absolute atomic E-state index is 5.03. The highest BCUT2D eigenvalue weighted by Crippen LogP contribution is 2.40. The number of hydrogen-bond donors (Lipinski definition) is 2. The van der Waals surface area contributed by atoms with E-state index in [0.717, 1.165) is 33.9 Å². The van der Waals surface area contributed by atoms with Gasteiger partial charge in [-0.2, -0.15) is 5.10 Å². The molecule has 0 fully saturated rings. The molecule has 31 heavy (non-hydrogen) atoms. The van der Waals surface area contributed by atoms with Crippen molar-refractivity contribution in [1.82, 2.24) is 9.78 Å². The van der Waals surface area contributed by atoms with Crippen molar-refractivity contribution in [3.63, 3.8) is 0 Å². The molecule has 1 aliphatic rings. The fourth-order valence-corrected chi connectivity index (χ4v) is 4.44. The van der Waals surface area contributed by atoms with E-state index >= 15 is 0 Å². The monoisotopic (exact) mass is 402 g/mol. The summed E-state index contributed by atoms with van der Waals surface area (Å²) in [4.78, 5) is 0. The van der Waals surface area contributed by atoms with Crippen molar-refractivity contribution in [2.75, 3.05) is 10.6 Å². The standard InChI is InChI=1S/C27H22N4/c1-18-9-5-6-14-21(18)26-22(17-31(30-26)20-12-3-2-4-13-20)27-28-23-15-7-10-19-11-8-16-24(29-27)25(19)23/h2-17,27-29H,1H3. The fourth-order valence-electron chi connectivity index (χ4n) is 4.44. The lowest BCUT2D eigenvalue weighted by Gasteiger charge is -2.29. The predicted octanol–water partition coefficient (Wildman–Crippen LogP) is 6.54. The maximum atomic E-state index is 5.03. The van der Waals surface area contributed by atoms with Crippen LogP contribution in [0.2, 0.25) is 0 Å². The van der Waals surface area contributed by atoms with Crippen molar-refractivity contribution >= 4 is 22.1 Å². The molecule has 0 amide bonds. The van der Waals surface area contributed by atoms with Crippen molar-refractivity contribution in [2.45, 2.75) is 13.1 Å². The summed E-state index contributed by atoms with van der Waals surface area (Å²) in [6.07, 6.45) is 2.04. The van der Waals surface area contributed by atoms with Crippen LogP contribution in [0, 0.1) is 6.92 Å². The van der Waals surface area contributed by atoms with E-state index in [9.17, 15) is 0 Å². The summed E-state index contributed by atoms with van der Waals surface area (Å²) in [6.45, 7) is 2.14. The van der Waals surface area contributed by atoms with Crippen LogP contribution in [0.1, 0.15) is 17.3 Å². The second-order valence-corrected chi connectivity index (χ2v) is 7.96. The zero-order valence-electron chi connectivity index (χ0n) is 17.2. The Morgan fingerprint density at radius 1 is 0.742 bits per heavy atom. The van der Waals surface area contributed by atoms with E-state index in [1.54, 1.807) is 0 Å². The van der Waals surface area contributed by atoms with Gasteiger partial charge in [-0.3, -0.25) is 0 Å². The number of anilines is 2. The van der Waals surface area contributed by atoms with E-state index in [1.165, 1.54) is 16.3 Å². The molecule has 4 heteroatoms. The Kier molecular flexibility index (Phi) is 4.03. The first-order chi connectivity index (χ1) is 15.3. The Hall–Kier alpha value is -4.05. The van der Waals surface area contributed by atoms with Crippen LogP contribution in [0.3, 0.4) is 0 Å². The van der Waals surface area contributed by atoms with Crippen molar-refractivity contribution in [3.8, 4) is 16.9 Å². The number of para-hydroxylation sites is 1. The summed E-state index contributed by atoms with van der Waals surface area (Å²) >= 11 is 0. The van der Waals surface area contributed by atoms with Gasteiger partial charge in [0.25, 0.3) is 0 Å². The van der Waals surface area contributed by atoms with E-state index in [0.29, 0.717) is 0 Å². The zero-order valence-corrected chi connectivity index (χ0v) is 17.2. The molecule has 5 aromatic rings. The number of nitrogens with one attached hydrogen (secondary N) is 2. The van der Waals surface area contributed by atoms with Crippen LogP contribution in [0.4, 0.5) is 11.4 Å². The Labute approximate surface area is 181 Å². The number of aromatic nitrogens is 2. The predicted molar refractivity (Wildman–Crippen MR) is 128 cm³/mol. The van der Waals surface area contributed by atoms with Gasteiger partial charge in [0.15, 0.2) is 0 Å². The Morgan fingerprint density at radius 3 is 2.13 bits per heavy atom. The summed E-state index contributed by atoms with van der Waals surface area (Å²) in [5.74, 6) is 0. The minimum absolute atomic E-state index is 0.0902. The molecule has 150 valence electrons. The highest BCUT2D eigenvalue weighted by Gasteiger charge is 2.26. The van der Waals surface area contributed by atoms with Gasteiger partial charge >= 0.3 is 0 Å². The summed E-state index contributed by atoms with van der Waals surface area (Å²) in [5, 5.41) is 14.9. The number of rotatable bonds is 3. The highest BCUT2D eigenvalue weighted by atomic mass is 15.3. The molecular weight excluding hydrogens is 380 g/mol. The Bertz CT molecular complexity index is 1360. The number of benzene rings is 4. The molecule has 0 saturated carbocycles. The average molecular weight is 403 g/mol. The SMILES string of the molecule is Cc1ccccc1-c1nn(-c2ccccc2)cc1C1Nc2cccc3cccc(c23)N1. The van der Waals surface area contributed by atoms with E-state index in [1.807, 2.05) is 22.9 Å². The van der Waals surface area contributed by atoms with Gasteiger partial charge in [0.05, 0.1) is 5.69 Å². The number of hydrogen-bond acceptors (Lipinski definition) is 3. The molecule has 1 aromatic heterocycles. The van der Waals surface area contributed by atoms with Gasteiger partial charge in [-0.15, -0.1) is 0 Å². The first-order valence-electron chi connectivity index (χ1n) is 10.5. The second-order valence-electron chi connectivity index (χ2n) is 7.96. The summed E-state index contributed by atoms with van der Waals surface area (Å²) in [5.41, 5.74) is 7.78. The highest BCUT2D eigenvalue weighted by molar-refractivity contribution is 6.04. The molecule has 2 heterocycles. The third-order valence-electron chi connectivity index (χ3n) is 5.98. The van der Waals surface area contributed by atoms with Gasteiger partial charge in [0.2, 0.25) is 0 Å². The lowest BCUT2D eigenvalue weighted by molar-refractivity contribution is 0.873. The molecule has 1 aliphatic heterocycles. The Morgan fingerprint density at radius 2 is 1.42 bits per heavy atom. The van der Waals surface area contributed by atoms with Crippen molar-refractivity contribution in [2.24, 2.45) is 0 Å². The topological polar surface area (TPSA) is 41.9 Å². The maximum Gasteiger partial charge on any atom is 0.127 e. The van der Waals surface area contributed by atoms with Crippen LogP contribution < -0.4 is 10.6 Å². The van der Waals surface area contributed by atoms with Crippen LogP contribution in [-0.2, 0) is 0 Å². The molecule has 0 bridgehead atoms. The number of aryl methyl sites for hydroxylation is 1. The van der Waals surface area contributed by atoms with Gasteiger partial charge in [-0.05, 0) is 42.1 Å². The molecule has 4 aromatic carbocycles. The number of nitrogens with zero attached hydrogens (tertiary/aromatic N) is 2. The summed E-state index contributed by atoms with van der Waals surface area (Å²) in [6, 6.07) is 31.5. The molecular formula is C27H22N4. The van der Waals surface area contributed by atoms with E-state index in [2.05, 4.69) is 96.6 Å². The van der Waals surface area contributed by atoms with Gasteiger partial charge < -0.3 is 10.6 Å². The molecule has 6 rings (SSSR count). The normalized spacial score (nSPS) is 13.1. The van der Waals surface area contributed by atoms with Crippen LogP contribution in [0.5, 0.6) is 0 Å². The van der Waals surface area contributed by atoms with Crippen molar-refractivity contribution < 1.29 is 0 Å². The first kappa shape index (κ1) is 17.8. The quantitative estimate of drug-likeness (QED) is 0.360. The van der Waals surface area contributed by atoms with Gasteiger partial charge in [0, 0.05) is 34.1 Å². The van der Waals surface area contributed by atoms with Crippen LogP contribution in [-0.4, -0.2) is 9.78 Å². The smallest absolute Gasteiger partial charge is 0.127 e. The Balaban J connectivity index is 1.52.